The summed E-state index contributed by atoms with van der Waals surface area (Å²) < 4.78 is 1.73. The van der Waals surface area contributed by atoms with Crippen molar-refractivity contribution in [2.75, 3.05) is 0 Å². The van der Waals surface area contributed by atoms with Crippen molar-refractivity contribution in [3.05, 3.63) is 41.8 Å². The number of rotatable bonds is 3. The molecule has 1 heterocycles. The highest BCUT2D eigenvalue weighted by Gasteiger charge is 2.30. The molecule has 1 N–H and O–H groups in total. The second kappa shape index (κ2) is 4.44. The molecule has 0 spiro atoms. The first kappa shape index (κ1) is 12.6. The fourth-order valence-electron chi connectivity index (χ4n) is 2.43. The maximum absolute atomic E-state index is 10.9. The summed E-state index contributed by atoms with van der Waals surface area (Å²) >= 11 is 0. The average molecular weight is 246 g/mol. The number of carboxylic acids is 1. The molecule has 0 radical (unpaired) electrons. The standard InChI is InChI=1S/C14H18N2O2/c1-10-6-4-5-7-11(10)14(2,3)16-9-8-12(15-16)13(17)18/h4-5,7-10H,6H2,1-3H3,(H,17,18). The molecule has 2 rings (SSSR count). The Balaban J connectivity index is 2.37. The van der Waals surface area contributed by atoms with Gasteiger partial charge in [0.1, 0.15) is 0 Å². The van der Waals surface area contributed by atoms with Crippen LogP contribution in [0.5, 0.6) is 0 Å². The highest BCUT2D eigenvalue weighted by atomic mass is 16.4. The van der Waals surface area contributed by atoms with E-state index in [1.165, 1.54) is 11.6 Å². The van der Waals surface area contributed by atoms with Gasteiger partial charge >= 0.3 is 5.97 Å². The number of hydrogen-bond donors (Lipinski definition) is 1. The summed E-state index contributed by atoms with van der Waals surface area (Å²) in [4.78, 5) is 10.9. The largest absolute Gasteiger partial charge is 0.476 e. The molecule has 4 nitrogen and oxygen atoms in total. The third-order valence-corrected chi connectivity index (χ3v) is 3.52. The van der Waals surface area contributed by atoms with E-state index in [-0.39, 0.29) is 11.2 Å². The Bertz CT molecular complexity index is 524. The van der Waals surface area contributed by atoms with Gasteiger partial charge in [0.15, 0.2) is 5.69 Å². The minimum atomic E-state index is -0.991. The van der Waals surface area contributed by atoms with Gasteiger partial charge in [-0.3, -0.25) is 4.68 Å². The van der Waals surface area contributed by atoms with Gasteiger partial charge in [-0.2, -0.15) is 5.10 Å². The second-order valence-electron chi connectivity index (χ2n) is 5.20. The Labute approximate surface area is 107 Å². The van der Waals surface area contributed by atoms with Crippen molar-refractivity contribution in [2.45, 2.75) is 32.7 Å². The molecule has 1 aromatic rings. The highest BCUT2D eigenvalue weighted by molar-refractivity contribution is 5.85. The average Bonchev–Trinajstić information content (AvgIpc) is 2.79. The molecule has 0 aliphatic heterocycles. The van der Waals surface area contributed by atoms with Crippen LogP contribution < -0.4 is 0 Å². The quantitative estimate of drug-likeness (QED) is 0.892. The van der Waals surface area contributed by atoms with E-state index in [1.54, 1.807) is 10.9 Å². The lowest BCUT2D eigenvalue weighted by Gasteiger charge is -2.33. The zero-order chi connectivity index (χ0) is 13.3. The van der Waals surface area contributed by atoms with Gasteiger partial charge in [0.05, 0.1) is 5.54 Å². The molecule has 0 saturated heterocycles. The van der Waals surface area contributed by atoms with E-state index in [0.29, 0.717) is 5.92 Å². The van der Waals surface area contributed by atoms with Crippen LogP contribution in [0.3, 0.4) is 0 Å². The normalized spacial score (nSPS) is 19.7. The second-order valence-corrected chi connectivity index (χ2v) is 5.20. The van der Waals surface area contributed by atoms with Crippen molar-refractivity contribution >= 4 is 5.97 Å². The van der Waals surface area contributed by atoms with Crippen molar-refractivity contribution in [1.29, 1.82) is 0 Å². The molecule has 0 aromatic carbocycles. The van der Waals surface area contributed by atoms with Gasteiger partial charge in [-0.1, -0.05) is 25.2 Å². The number of aromatic carboxylic acids is 1. The Hall–Kier alpha value is -1.84. The topological polar surface area (TPSA) is 55.1 Å². The molecular formula is C14H18N2O2. The Morgan fingerprint density at radius 3 is 2.83 bits per heavy atom. The maximum Gasteiger partial charge on any atom is 0.356 e. The van der Waals surface area contributed by atoms with Gasteiger partial charge < -0.3 is 5.11 Å². The van der Waals surface area contributed by atoms with Crippen molar-refractivity contribution in [3.63, 3.8) is 0 Å². The van der Waals surface area contributed by atoms with Crippen LogP contribution in [0.4, 0.5) is 0 Å². The first-order valence-corrected chi connectivity index (χ1v) is 6.09. The van der Waals surface area contributed by atoms with Crippen LogP contribution in [-0.4, -0.2) is 20.9 Å². The summed E-state index contributed by atoms with van der Waals surface area (Å²) in [6.07, 6.45) is 9.06. The van der Waals surface area contributed by atoms with Gasteiger partial charge in [0, 0.05) is 6.20 Å². The lowest BCUT2D eigenvalue weighted by Crippen LogP contribution is -2.33. The molecule has 1 atom stereocenters. The van der Waals surface area contributed by atoms with E-state index in [4.69, 9.17) is 5.11 Å². The van der Waals surface area contributed by atoms with E-state index in [9.17, 15) is 4.79 Å². The van der Waals surface area contributed by atoms with Gasteiger partial charge in [-0.15, -0.1) is 0 Å². The molecule has 4 heteroatoms. The van der Waals surface area contributed by atoms with Crippen LogP contribution in [0.2, 0.25) is 0 Å². The summed E-state index contributed by atoms with van der Waals surface area (Å²) in [6.45, 7) is 6.30. The van der Waals surface area contributed by atoms with E-state index < -0.39 is 5.97 Å². The number of carboxylic acid groups (broad SMARTS) is 1. The third kappa shape index (κ3) is 2.10. The Kier molecular flexibility index (Phi) is 3.11. The van der Waals surface area contributed by atoms with Crippen molar-refractivity contribution in [3.8, 4) is 0 Å². The fraction of sp³-hybridized carbons (Fsp3) is 0.429. The third-order valence-electron chi connectivity index (χ3n) is 3.52. The van der Waals surface area contributed by atoms with E-state index in [2.05, 4.69) is 44.1 Å². The minimum absolute atomic E-state index is 0.0858. The number of nitrogens with zero attached hydrogens (tertiary/aromatic N) is 2. The summed E-state index contributed by atoms with van der Waals surface area (Å²) in [6, 6.07) is 1.54. The van der Waals surface area contributed by atoms with Crippen LogP contribution in [0, 0.1) is 5.92 Å². The first-order chi connectivity index (χ1) is 8.43. The maximum atomic E-state index is 10.9. The molecule has 0 saturated carbocycles. The van der Waals surface area contributed by atoms with Crippen molar-refractivity contribution in [2.24, 2.45) is 5.92 Å². The highest BCUT2D eigenvalue weighted by Crippen LogP contribution is 2.34. The lowest BCUT2D eigenvalue weighted by molar-refractivity contribution is 0.0688. The van der Waals surface area contributed by atoms with E-state index in [1.807, 2.05) is 0 Å². The molecular weight excluding hydrogens is 228 g/mol. The van der Waals surface area contributed by atoms with Gasteiger partial charge in [0.2, 0.25) is 0 Å². The monoisotopic (exact) mass is 246 g/mol. The van der Waals surface area contributed by atoms with E-state index >= 15 is 0 Å². The summed E-state index contributed by atoms with van der Waals surface area (Å²) in [5, 5.41) is 13.1. The van der Waals surface area contributed by atoms with E-state index in [0.717, 1.165) is 6.42 Å². The number of carbonyl (C=O) groups is 1. The fourth-order valence-corrected chi connectivity index (χ4v) is 2.43. The first-order valence-electron chi connectivity index (χ1n) is 6.09. The minimum Gasteiger partial charge on any atom is -0.476 e. The van der Waals surface area contributed by atoms with Gasteiger partial charge in [-0.05, 0) is 37.8 Å². The SMILES string of the molecule is CC1CC=CC=C1C(C)(C)n1ccc(C(=O)O)n1. The number of hydrogen-bond acceptors (Lipinski definition) is 2. The Morgan fingerprint density at radius 1 is 1.56 bits per heavy atom. The lowest BCUT2D eigenvalue weighted by atomic mass is 9.81. The molecule has 1 aliphatic carbocycles. The Morgan fingerprint density at radius 2 is 2.28 bits per heavy atom. The number of aromatic nitrogens is 2. The van der Waals surface area contributed by atoms with Crippen molar-refractivity contribution < 1.29 is 9.90 Å². The predicted molar refractivity (Wildman–Crippen MR) is 69.5 cm³/mol. The molecule has 96 valence electrons. The number of allylic oxidation sites excluding steroid dienone is 4. The molecule has 1 aromatic heterocycles. The molecule has 0 fully saturated rings. The van der Waals surface area contributed by atoms with Gasteiger partial charge in [-0.25, -0.2) is 4.79 Å². The van der Waals surface area contributed by atoms with Crippen LogP contribution in [0.25, 0.3) is 0 Å². The molecule has 0 bridgehead atoms. The van der Waals surface area contributed by atoms with Crippen LogP contribution >= 0.6 is 0 Å². The molecule has 18 heavy (non-hydrogen) atoms. The summed E-state index contributed by atoms with van der Waals surface area (Å²) in [7, 11) is 0. The molecule has 1 aliphatic rings. The smallest absolute Gasteiger partial charge is 0.356 e. The van der Waals surface area contributed by atoms with Crippen LogP contribution in [0.1, 0.15) is 37.7 Å². The summed E-state index contributed by atoms with van der Waals surface area (Å²) in [5.74, 6) is -0.544. The van der Waals surface area contributed by atoms with Crippen molar-refractivity contribution in [1.82, 2.24) is 9.78 Å². The van der Waals surface area contributed by atoms with Crippen LogP contribution in [0.15, 0.2) is 36.1 Å². The zero-order valence-electron chi connectivity index (χ0n) is 10.9. The summed E-state index contributed by atoms with van der Waals surface area (Å²) in [5.41, 5.74) is 1.05. The van der Waals surface area contributed by atoms with Crippen LogP contribution in [-0.2, 0) is 5.54 Å². The van der Waals surface area contributed by atoms with Gasteiger partial charge in [0.25, 0.3) is 0 Å². The zero-order valence-corrected chi connectivity index (χ0v) is 10.9. The predicted octanol–water partition coefficient (Wildman–Crippen LogP) is 2.84. The molecule has 1 unspecified atom stereocenters. The molecule has 0 amide bonds.